The topological polar surface area (TPSA) is 24.1 Å². The van der Waals surface area contributed by atoms with Gasteiger partial charge in [0.1, 0.15) is 0 Å². The van der Waals surface area contributed by atoms with Crippen molar-refractivity contribution < 1.29 is 15.7 Å². The van der Waals surface area contributed by atoms with Crippen molar-refractivity contribution in [3.05, 3.63) is 25.3 Å². The van der Waals surface area contributed by atoms with Gasteiger partial charge in [-0.2, -0.15) is 0 Å². The molecule has 0 aliphatic heterocycles. The summed E-state index contributed by atoms with van der Waals surface area (Å²) < 4.78 is 6.31. The van der Waals surface area contributed by atoms with Crippen molar-refractivity contribution in [1.29, 1.82) is 0 Å². The molecular weight excluding hydrogens is 152 g/mol. The molecule has 0 saturated carbocycles. The van der Waals surface area contributed by atoms with Crippen LogP contribution in [0.2, 0.25) is 0 Å². The molecule has 0 aromatic heterocycles. The van der Waals surface area contributed by atoms with Crippen molar-refractivity contribution >= 4 is 0 Å². The summed E-state index contributed by atoms with van der Waals surface area (Å²) in [5.41, 5.74) is 0. The molecule has 52 valence electrons. The number of rotatable bonds is 6. The summed E-state index contributed by atoms with van der Waals surface area (Å²) in [7, 11) is 0. The maximum absolute atomic E-state index is 3.58. The molecule has 0 atom stereocenters. The molecule has 0 aromatic carbocycles. The zero-order valence-corrected chi connectivity index (χ0v) is 6.67. The van der Waals surface area contributed by atoms with Gasteiger partial charge >= 0.3 is 62.7 Å². The number of hydrogen-bond acceptors (Lipinski definition) is 2. The van der Waals surface area contributed by atoms with E-state index in [0.717, 1.165) is 13.1 Å². The van der Waals surface area contributed by atoms with E-state index in [1.807, 2.05) is 12.2 Å². The summed E-state index contributed by atoms with van der Waals surface area (Å²) in [6, 6.07) is 0. The van der Waals surface area contributed by atoms with Gasteiger partial charge in [0.15, 0.2) is 0 Å². The van der Waals surface area contributed by atoms with Crippen LogP contribution in [0.1, 0.15) is 0 Å². The SMILES string of the molecule is C=CC[NH][Cr][NH]CC=C. The zero-order valence-electron chi connectivity index (χ0n) is 5.39. The van der Waals surface area contributed by atoms with Gasteiger partial charge in [0.2, 0.25) is 0 Å². The van der Waals surface area contributed by atoms with Crippen LogP contribution < -0.4 is 8.60 Å². The van der Waals surface area contributed by atoms with Crippen LogP contribution >= 0.6 is 0 Å². The van der Waals surface area contributed by atoms with Crippen LogP contribution in [-0.2, 0) is 15.7 Å². The molecule has 0 saturated heterocycles. The third-order valence-electron chi connectivity index (χ3n) is 0.600. The molecule has 0 heterocycles. The van der Waals surface area contributed by atoms with E-state index in [2.05, 4.69) is 21.8 Å². The van der Waals surface area contributed by atoms with Crippen molar-refractivity contribution in [2.45, 2.75) is 0 Å². The molecule has 0 fully saturated rings. The van der Waals surface area contributed by atoms with Gasteiger partial charge in [-0.3, -0.25) is 0 Å². The molecule has 0 bridgehead atoms. The summed E-state index contributed by atoms with van der Waals surface area (Å²) in [6.07, 6.45) is 3.69. The first-order valence-corrected chi connectivity index (χ1v) is 4.02. The average Bonchev–Trinajstić information content (AvgIpc) is 1.89. The molecule has 0 amide bonds. The summed E-state index contributed by atoms with van der Waals surface area (Å²) in [6.45, 7) is 8.91. The fourth-order valence-corrected chi connectivity index (χ4v) is 1.04. The van der Waals surface area contributed by atoms with E-state index in [1.54, 1.807) is 0 Å². The Bertz CT molecular complexity index is 73.1. The van der Waals surface area contributed by atoms with Crippen molar-refractivity contribution in [3.8, 4) is 0 Å². The summed E-state index contributed by atoms with van der Waals surface area (Å²) in [5, 5.41) is 0. The molecule has 0 aliphatic carbocycles. The van der Waals surface area contributed by atoms with Crippen molar-refractivity contribution in [2.24, 2.45) is 0 Å². The van der Waals surface area contributed by atoms with E-state index < -0.39 is 0 Å². The first kappa shape index (κ1) is 8.93. The molecule has 2 N–H and O–H groups in total. The molecule has 2 nitrogen and oxygen atoms in total. The molecule has 0 radical (unpaired) electrons. The van der Waals surface area contributed by atoms with Crippen molar-refractivity contribution in [1.82, 2.24) is 8.60 Å². The van der Waals surface area contributed by atoms with Gasteiger partial charge in [0, 0.05) is 0 Å². The second kappa shape index (κ2) is 7.93. The first-order valence-electron chi connectivity index (χ1n) is 2.75. The van der Waals surface area contributed by atoms with Gasteiger partial charge in [-0.25, -0.2) is 0 Å². The van der Waals surface area contributed by atoms with Crippen LogP contribution in [-0.4, -0.2) is 13.1 Å². The Kier molecular flexibility index (Phi) is 7.87. The van der Waals surface area contributed by atoms with E-state index in [1.165, 1.54) is 0 Å². The fourth-order valence-electron chi connectivity index (χ4n) is 0.252. The van der Waals surface area contributed by atoms with E-state index in [9.17, 15) is 0 Å². The van der Waals surface area contributed by atoms with E-state index >= 15 is 0 Å². The predicted molar refractivity (Wildman–Crippen MR) is 36.4 cm³/mol. The molecule has 3 heteroatoms. The zero-order chi connectivity index (χ0) is 6.95. The van der Waals surface area contributed by atoms with Gasteiger partial charge < -0.3 is 0 Å². The van der Waals surface area contributed by atoms with E-state index in [-0.39, 0.29) is 0 Å². The second-order valence-electron chi connectivity index (χ2n) is 1.38. The Labute approximate surface area is 63.2 Å². The Morgan fingerprint density at radius 3 is 1.89 bits per heavy atom. The van der Waals surface area contributed by atoms with Gasteiger partial charge in [0.05, 0.1) is 0 Å². The van der Waals surface area contributed by atoms with Crippen molar-refractivity contribution in [3.63, 3.8) is 0 Å². The van der Waals surface area contributed by atoms with Crippen LogP contribution in [0.25, 0.3) is 0 Å². The van der Waals surface area contributed by atoms with E-state index in [0.29, 0.717) is 15.7 Å². The second-order valence-corrected chi connectivity index (χ2v) is 2.60. The number of nitrogens with one attached hydrogen (secondary N) is 2. The summed E-state index contributed by atoms with van der Waals surface area (Å²) in [4.78, 5) is 0. The molecule has 9 heavy (non-hydrogen) atoms. The van der Waals surface area contributed by atoms with Crippen LogP contribution in [0, 0.1) is 0 Å². The minimum absolute atomic E-state index is 0.336. The molecule has 0 unspecified atom stereocenters. The van der Waals surface area contributed by atoms with Crippen LogP contribution in [0.15, 0.2) is 25.3 Å². The molecule has 0 aromatic rings. The van der Waals surface area contributed by atoms with Gasteiger partial charge in [-0.1, -0.05) is 0 Å². The summed E-state index contributed by atoms with van der Waals surface area (Å²) in [5.74, 6) is 0. The quantitative estimate of drug-likeness (QED) is 0.440. The Morgan fingerprint density at radius 2 is 1.56 bits per heavy atom. The fraction of sp³-hybridized carbons (Fsp3) is 0.333. The van der Waals surface area contributed by atoms with Gasteiger partial charge in [0.25, 0.3) is 0 Å². The van der Waals surface area contributed by atoms with E-state index in [4.69, 9.17) is 0 Å². The maximum atomic E-state index is 3.58. The average molecular weight is 164 g/mol. The minimum atomic E-state index is 0.336. The van der Waals surface area contributed by atoms with Crippen LogP contribution in [0.5, 0.6) is 0 Å². The van der Waals surface area contributed by atoms with Gasteiger partial charge in [-0.15, -0.1) is 0 Å². The molecule has 0 aliphatic rings. The molecule has 0 rings (SSSR count). The van der Waals surface area contributed by atoms with Crippen LogP contribution in [0.4, 0.5) is 0 Å². The Morgan fingerprint density at radius 1 is 1.11 bits per heavy atom. The Balaban J connectivity index is 2.74. The van der Waals surface area contributed by atoms with Gasteiger partial charge in [-0.05, 0) is 0 Å². The third kappa shape index (κ3) is 7.93. The summed E-state index contributed by atoms with van der Waals surface area (Å²) >= 11 is 0.336. The third-order valence-corrected chi connectivity index (χ3v) is 1.57. The van der Waals surface area contributed by atoms with Crippen LogP contribution in [0.3, 0.4) is 0 Å². The Hall–Kier alpha value is -0.0675. The normalized spacial score (nSPS) is 8.89. The van der Waals surface area contributed by atoms with Crippen molar-refractivity contribution in [2.75, 3.05) is 13.1 Å². The predicted octanol–water partition coefficient (Wildman–Crippen LogP) is 0.450. The number of hydrogen-bond donors (Lipinski definition) is 2. The molecular formula is C6H12CrN2. The monoisotopic (exact) mass is 164 g/mol. The first-order chi connectivity index (χ1) is 4.41. The standard InChI is InChI=1S/2C3H6N.Cr/c2*1-2-3-4;/h2*2,4H,1,3H2;/q2*-1;+2. The molecule has 0 spiro atoms.